The molecule has 1 saturated heterocycles. The van der Waals surface area contributed by atoms with Crippen LogP contribution in [0.2, 0.25) is 5.02 Å². The van der Waals surface area contributed by atoms with E-state index in [4.69, 9.17) is 11.6 Å². The van der Waals surface area contributed by atoms with Gasteiger partial charge < -0.3 is 15.1 Å². The largest absolute Gasteiger partial charge is 0.339 e. The lowest BCUT2D eigenvalue weighted by Gasteiger charge is -2.29. The van der Waals surface area contributed by atoms with Gasteiger partial charge in [-0.1, -0.05) is 23.7 Å². The molecule has 0 radical (unpaired) electrons. The average Bonchev–Trinajstić information content (AvgIpc) is 2.48. The van der Waals surface area contributed by atoms with Gasteiger partial charge in [0.05, 0.1) is 17.1 Å². The van der Waals surface area contributed by atoms with Gasteiger partial charge in [-0.3, -0.25) is 9.59 Å². The van der Waals surface area contributed by atoms with E-state index in [-0.39, 0.29) is 30.8 Å². The lowest BCUT2D eigenvalue weighted by Crippen LogP contribution is -2.49. The number of hydrogen-bond donors (Lipinski definition) is 1. The van der Waals surface area contributed by atoms with Gasteiger partial charge in [0.1, 0.15) is 0 Å². The summed E-state index contributed by atoms with van der Waals surface area (Å²) in [5, 5.41) is 3.59. The number of likely N-dealkylation sites (N-methyl/N-ethyl adjacent to an activating group) is 1. The van der Waals surface area contributed by atoms with Gasteiger partial charge in [0.25, 0.3) is 5.91 Å². The van der Waals surface area contributed by atoms with E-state index < -0.39 is 0 Å². The van der Waals surface area contributed by atoms with Crippen LogP contribution in [0.5, 0.6) is 0 Å². The zero-order valence-corrected chi connectivity index (χ0v) is 13.4. The SMILES string of the molecule is CN(CC(=O)N1CCNCC1)C(=O)c1ccccc1Cl.Cl. The summed E-state index contributed by atoms with van der Waals surface area (Å²) in [7, 11) is 1.62. The number of hydrogen-bond acceptors (Lipinski definition) is 3. The van der Waals surface area contributed by atoms with Gasteiger partial charge >= 0.3 is 0 Å². The molecule has 1 heterocycles. The van der Waals surface area contributed by atoms with Crippen molar-refractivity contribution in [3.05, 3.63) is 34.9 Å². The maximum atomic E-state index is 12.2. The van der Waals surface area contributed by atoms with Crippen LogP contribution in [0.3, 0.4) is 0 Å². The molecule has 116 valence electrons. The van der Waals surface area contributed by atoms with Crippen LogP contribution in [-0.4, -0.2) is 61.4 Å². The molecule has 7 heteroatoms. The molecule has 0 unspecified atom stereocenters. The van der Waals surface area contributed by atoms with E-state index in [2.05, 4.69) is 5.32 Å². The van der Waals surface area contributed by atoms with Gasteiger partial charge in [-0.2, -0.15) is 0 Å². The van der Waals surface area contributed by atoms with Crippen LogP contribution in [0.4, 0.5) is 0 Å². The molecule has 1 aromatic carbocycles. The first kappa shape index (κ1) is 17.8. The molecule has 0 aromatic heterocycles. The molecule has 2 amide bonds. The number of benzene rings is 1. The first-order valence-electron chi connectivity index (χ1n) is 6.58. The van der Waals surface area contributed by atoms with Crippen LogP contribution in [-0.2, 0) is 4.79 Å². The number of nitrogens with one attached hydrogen (secondary N) is 1. The van der Waals surface area contributed by atoms with E-state index >= 15 is 0 Å². The Labute approximate surface area is 135 Å². The van der Waals surface area contributed by atoms with E-state index in [1.54, 1.807) is 36.2 Å². The molecular weight excluding hydrogens is 313 g/mol. The molecule has 1 aromatic rings. The number of carbonyl (C=O) groups is 2. The Morgan fingerprint density at radius 2 is 1.90 bits per heavy atom. The second-order valence-electron chi connectivity index (χ2n) is 4.77. The lowest BCUT2D eigenvalue weighted by atomic mass is 10.2. The number of nitrogens with zero attached hydrogens (tertiary/aromatic N) is 2. The second kappa shape index (κ2) is 8.22. The maximum Gasteiger partial charge on any atom is 0.255 e. The van der Waals surface area contributed by atoms with Crippen molar-refractivity contribution in [1.29, 1.82) is 0 Å². The quantitative estimate of drug-likeness (QED) is 0.907. The molecule has 0 spiro atoms. The van der Waals surface area contributed by atoms with E-state index in [0.29, 0.717) is 23.7 Å². The van der Waals surface area contributed by atoms with Gasteiger partial charge in [-0.05, 0) is 12.1 Å². The Balaban J connectivity index is 0.00000220. The highest BCUT2D eigenvalue weighted by Crippen LogP contribution is 2.16. The molecule has 0 bridgehead atoms. The lowest BCUT2D eigenvalue weighted by molar-refractivity contribution is -0.132. The Morgan fingerprint density at radius 3 is 2.52 bits per heavy atom. The fraction of sp³-hybridized carbons (Fsp3) is 0.429. The van der Waals surface area contributed by atoms with Gasteiger partial charge in [0, 0.05) is 33.2 Å². The number of carbonyl (C=O) groups excluding carboxylic acids is 2. The highest BCUT2D eigenvalue weighted by Gasteiger charge is 2.21. The predicted molar refractivity (Wildman–Crippen MR) is 85.1 cm³/mol. The standard InChI is InChI=1S/C14H18ClN3O2.ClH/c1-17(10-13(19)18-8-6-16-7-9-18)14(20)11-4-2-3-5-12(11)15;/h2-5,16H,6-10H2,1H3;1H. The van der Waals surface area contributed by atoms with Crippen molar-refractivity contribution in [1.82, 2.24) is 15.1 Å². The van der Waals surface area contributed by atoms with Crippen molar-refractivity contribution in [3.8, 4) is 0 Å². The van der Waals surface area contributed by atoms with Crippen molar-refractivity contribution < 1.29 is 9.59 Å². The summed E-state index contributed by atoms with van der Waals surface area (Å²) in [4.78, 5) is 27.5. The van der Waals surface area contributed by atoms with Gasteiger partial charge in [-0.25, -0.2) is 0 Å². The summed E-state index contributed by atoms with van der Waals surface area (Å²) < 4.78 is 0. The summed E-state index contributed by atoms with van der Waals surface area (Å²) in [6, 6.07) is 6.85. The van der Waals surface area contributed by atoms with Crippen LogP contribution >= 0.6 is 24.0 Å². The Hall–Kier alpha value is -1.30. The van der Waals surface area contributed by atoms with Crippen LogP contribution in [0.25, 0.3) is 0 Å². The minimum absolute atomic E-state index is 0. The first-order chi connectivity index (χ1) is 9.59. The van der Waals surface area contributed by atoms with Crippen LogP contribution in [0, 0.1) is 0 Å². The molecule has 2 rings (SSSR count). The minimum atomic E-state index is -0.237. The Kier molecular flexibility index (Phi) is 6.95. The molecule has 0 atom stereocenters. The number of piperazine rings is 1. The zero-order valence-electron chi connectivity index (χ0n) is 11.8. The highest BCUT2D eigenvalue weighted by atomic mass is 35.5. The summed E-state index contributed by atoms with van der Waals surface area (Å²) in [5.41, 5.74) is 0.421. The predicted octanol–water partition coefficient (Wildman–Crippen LogP) is 1.27. The molecule has 21 heavy (non-hydrogen) atoms. The van der Waals surface area contributed by atoms with Crippen molar-refractivity contribution in [2.75, 3.05) is 39.8 Å². The van der Waals surface area contributed by atoms with Crippen LogP contribution < -0.4 is 5.32 Å². The normalized spacial score (nSPS) is 14.3. The molecule has 1 fully saturated rings. The van der Waals surface area contributed by atoms with Gasteiger partial charge in [0.15, 0.2) is 0 Å². The van der Waals surface area contributed by atoms with Gasteiger partial charge in [0.2, 0.25) is 5.91 Å². The van der Waals surface area contributed by atoms with Crippen molar-refractivity contribution in [2.24, 2.45) is 0 Å². The van der Waals surface area contributed by atoms with E-state index in [1.165, 1.54) is 4.90 Å². The topological polar surface area (TPSA) is 52.7 Å². The minimum Gasteiger partial charge on any atom is -0.339 e. The highest BCUT2D eigenvalue weighted by molar-refractivity contribution is 6.33. The molecular formula is C14H19Cl2N3O2. The Morgan fingerprint density at radius 1 is 1.29 bits per heavy atom. The van der Waals surface area contributed by atoms with Gasteiger partial charge in [-0.15, -0.1) is 12.4 Å². The van der Waals surface area contributed by atoms with E-state index in [1.807, 2.05) is 0 Å². The third-order valence-corrected chi connectivity index (χ3v) is 3.62. The first-order valence-corrected chi connectivity index (χ1v) is 6.96. The van der Waals surface area contributed by atoms with Crippen LogP contribution in [0.1, 0.15) is 10.4 Å². The molecule has 1 aliphatic rings. The Bertz CT molecular complexity index is 505. The van der Waals surface area contributed by atoms with E-state index in [9.17, 15) is 9.59 Å². The third-order valence-electron chi connectivity index (χ3n) is 3.29. The van der Waals surface area contributed by atoms with Crippen LogP contribution in [0.15, 0.2) is 24.3 Å². The molecule has 5 nitrogen and oxygen atoms in total. The van der Waals surface area contributed by atoms with Crippen molar-refractivity contribution in [2.45, 2.75) is 0 Å². The monoisotopic (exact) mass is 331 g/mol. The van der Waals surface area contributed by atoms with E-state index in [0.717, 1.165) is 13.1 Å². The fourth-order valence-corrected chi connectivity index (χ4v) is 2.35. The molecule has 1 N–H and O–H groups in total. The zero-order chi connectivity index (χ0) is 14.5. The summed E-state index contributed by atoms with van der Waals surface area (Å²) >= 11 is 6.00. The summed E-state index contributed by atoms with van der Waals surface area (Å²) in [6.07, 6.45) is 0. The number of halogens is 2. The average molecular weight is 332 g/mol. The maximum absolute atomic E-state index is 12.2. The smallest absolute Gasteiger partial charge is 0.255 e. The summed E-state index contributed by atoms with van der Waals surface area (Å²) in [6.45, 7) is 3.05. The van der Waals surface area contributed by atoms with Crippen molar-refractivity contribution in [3.63, 3.8) is 0 Å². The molecule has 0 saturated carbocycles. The summed E-state index contributed by atoms with van der Waals surface area (Å²) in [5.74, 6) is -0.270. The van der Waals surface area contributed by atoms with Crippen molar-refractivity contribution >= 4 is 35.8 Å². The number of amides is 2. The number of rotatable bonds is 3. The third kappa shape index (κ3) is 4.59. The molecule has 0 aliphatic carbocycles. The molecule has 1 aliphatic heterocycles. The fourth-order valence-electron chi connectivity index (χ4n) is 2.13. The second-order valence-corrected chi connectivity index (χ2v) is 5.18.